The van der Waals surface area contributed by atoms with Crippen LogP contribution in [-0.2, 0) is 0 Å². The van der Waals surface area contributed by atoms with E-state index in [0.29, 0.717) is 33.6 Å². The number of carbonyl (C=O) groups excluding carboxylic acids is 1. The molecule has 3 N–H and O–H groups in total. The average Bonchev–Trinajstić information content (AvgIpc) is 2.60. The van der Waals surface area contributed by atoms with E-state index >= 15 is 0 Å². The maximum absolute atomic E-state index is 12.4. The number of phenolic OH excluding ortho intramolecular Hbond substituents is 1. The molecule has 2 rings (SSSR count). The van der Waals surface area contributed by atoms with Crippen molar-refractivity contribution < 1.29 is 14.6 Å². The Balaban J connectivity index is 1.98. The van der Waals surface area contributed by atoms with Crippen LogP contribution in [-0.4, -0.2) is 22.7 Å². The van der Waals surface area contributed by atoms with Gasteiger partial charge in [0.15, 0.2) is 5.11 Å². The molecule has 0 aliphatic heterocycles. The van der Waals surface area contributed by atoms with E-state index in [2.05, 4.69) is 33.5 Å². The van der Waals surface area contributed by atoms with Crippen molar-refractivity contribution in [1.29, 1.82) is 0 Å². The number of hydrogen-bond donors (Lipinski definition) is 3. The smallest absolute Gasteiger partial charge is 0.257 e. The maximum Gasteiger partial charge on any atom is 0.257 e. The lowest BCUT2D eigenvalue weighted by molar-refractivity contribution is 0.0977. The summed E-state index contributed by atoms with van der Waals surface area (Å²) in [7, 11) is 0. The van der Waals surface area contributed by atoms with Gasteiger partial charge in [-0.25, -0.2) is 0 Å². The van der Waals surface area contributed by atoms with Crippen molar-refractivity contribution in [1.82, 2.24) is 5.32 Å². The number of aryl methyl sites for hydroxylation is 1. The minimum absolute atomic E-state index is 0.171. The zero-order valence-electron chi connectivity index (χ0n) is 14.6. The molecule has 0 unspecified atom stereocenters. The number of halogens is 1. The molecule has 0 fully saturated rings. The normalized spacial score (nSPS) is 10.3. The first kappa shape index (κ1) is 20.2. The number of benzene rings is 2. The molecule has 0 spiro atoms. The fourth-order valence-corrected chi connectivity index (χ4v) is 2.98. The summed E-state index contributed by atoms with van der Waals surface area (Å²) in [6, 6.07) is 10.4. The molecule has 2 aromatic rings. The zero-order chi connectivity index (χ0) is 19.1. The molecule has 5 nitrogen and oxygen atoms in total. The largest absolute Gasteiger partial charge is 0.506 e. The lowest BCUT2D eigenvalue weighted by Crippen LogP contribution is -2.34. The van der Waals surface area contributed by atoms with Gasteiger partial charge in [0.2, 0.25) is 0 Å². The molecule has 0 saturated heterocycles. The number of phenols is 1. The van der Waals surface area contributed by atoms with Crippen molar-refractivity contribution in [3.63, 3.8) is 0 Å². The van der Waals surface area contributed by atoms with E-state index in [1.807, 2.05) is 6.07 Å². The van der Waals surface area contributed by atoms with Gasteiger partial charge >= 0.3 is 0 Å². The topological polar surface area (TPSA) is 70.6 Å². The highest BCUT2D eigenvalue weighted by atomic mass is 79.9. The van der Waals surface area contributed by atoms with Crippen molar-refractivity contribution in [3.05, 3.63) is 52.0 Å². The van der Waals surface area contributed by atoms with Gasteiger partial charge in [-0.05, 0) is 77.4 Å². The van der Waals surface area contributed by atoms with Crippen molar-refractivity contribution in [2.45, 2.75) is 26.7 Å². The van der Waals surface area contributed by atoms with Gasteiger partial charge in [-0.2, -0.15) is 0 Å². The molecule has 2 aromatic carbocycles. The Morgan fingerprint density at radius 3 is 2.77 bits per heavy atom. The Morgan fingerprint density at radius 2 is 2.08 bits per heavy atom. The van der Waals surface area contributed by atoms with Crippen LogP contribution in [0.25, 0.3) is 0 Å². The zero-order valence-corrected chi connectivity index (χ0v) is 17.0. The number of carbonyl (C=O) groups is 1. The van der Waals surface area contributed by atoms with Gasteiger partial charge in [0, 0.05) is 11.3 Å². The van der Waals surface area contributed by atoms with Crippen LogP contribution in [0.4, 0.5) is 5.69 Å². The highest BCUT2D eigenvalue weighted by Crippen LogP contribution is 2.30. The van der Waals surface area contributed by atoms with Crippen molar-refractivity contribution in [2.75, 3.05) is 11.9 Å². The molecule has 0 bridgehead atoms. The summed E-state index contributed by atoms with van der Waals surface area (Å²) in [5.41, 5.74) is 1.81. The van der Waals surface area contributed by atoms with Crippen LogP contribution in [0.3, 0.4) is 0 Å². The second-order valence-corrected chi connectivity index (χ2v) is 7.02. The summed E-state index contributed by atoms with van der Waals surface area (Å²) < 4.78 is 6.17. The van der Waals surface area contributed by atoms with Gasteiger partial charge < -0.3 is 15.2 Å². The van der Waals surface area contributed by atoms with Crippen LogP contribution in [0, 0.1) is 6.92 Å². The summed E-state index contributed by atoms with van der Waals surface area (Å²) in [6.45, 7) is 4.49. The fourth-order valence-electron chi connectivity index (χ4n) is 2.21. The number of hydrogen-bond acceptors (Lipinski definition) is 4. The minimum Gasteiger partial charge on any atom is -0.506 e. The van der Waals surface area contributed by atoms with Crippen LogP contribution in [0.5, 0.6) is 11.5 Å². The lowest BCUT2D eigenvalue weighted by atomic mass is 10.2. The number of thiocarbonyl (C=S) groups is 1. The van der Waals surface area contributed by atoms with Gasteiger partial charge in [0.05, 0.1) is 11.1 Å². The Labute approximate surface area is 166 Å². The molecule has 0 saturated carbocycles. The molecule has 138 valence electrons. The standard InChI is InChI=1S/C19H21BrN2O3S/c1-3-4-8-25-15-7-5-6-13(10-15)18(24)22-19(26)21-14-9-12(2)17(23)16(20)11-14/h5-7,9-11,23H,3-4,8H2,1-2H3,(H2,21,22,24,26). The monoisotopic (exact) mass is 436 g/mol. The highest BCUT2D eigenvalue weighted by molar-refractivity contribution is 9.10. The second-order valence-electron chi connectivity index (χ2n) is 5.76. The number of ether oxygens (including phenoxy) is 1. The molecular weight excluding hydrogens is 416 g/mol. The summed E-state index contributed by atoms with van der Waals surface area (Å²) in [5.74, 6) is 0.506. The average molecular weight is 437 g/mol. The van der Waals surface area contributed by atoms with E-state index in [9.17, 15) is 9.90 Å². The molecular formula is C19H21BrN2O3S. The van der Waals surface area contributed by atoms with E-state index in [1.54, 1.807) is 37.3 Å². The molecule has 26 heavy (non-hydrogen) atoms. The maximum atomic E-state index is 12.4. The number of rotatable bonds is 6. The Hall–Kier alpha value is -2.12. The number of unbranched alkanes of at least 4 members (excludes halogenated alkanes) is 1. The molecule has 0 radical (unpaired) electrons. The first-order valence-corrected chi connectivity index (χ1v) is 9.45. The fraction of sp³-hybridized carbons (Fsp3) is 0.263. The number of nitrogens with one attached hydrogen (secondary N) is 2. The van der Waals surface area contributed by atoms with Gasteiger partial charge in [-0.1, -0.05) is 19.4 Å². The van der Waals surface area contributed by atoms with Crippen LogP contribution in [0.2, 0.25) is 0 Å². The molecule has 0 aromatic heterocycles. The van der Waals surface area contributed by atoms with Crippen LogP contribution in [0.1, 0.15) is 35.7 Å². The summed E-state index contributed by atoms with van der Waals surface area (Å²) in [5, 5.41) is 15.5. The van der Waals surface area contributed by atoms with E-state index in [-0.39, 0.29) is 16.8 Å². The van der Waals surface area contributed by atoms with E-state index in [4.69, 9.17) is 17.0 Å². The summed E-state index contributed by atoms with van der Waals surface area (Å²) >= 11 is 8.47. The van der Waals surface area contributed by atoms with Crippen LogP contribution >= 0.6 is 28.1 Å². The van der Waals surface area contributed by atoms with Gasteiger partial charge in [-0.3, -0.25) is 10.1 Å². The van der Waals surface area contributed by atoms with Crippen molar-refractivity contribution in [3.8, 4) is 11.5 Å². The third kappa shape index (κ3) is 5.71. The molecule has 7 heteroatoms. The third-order valence-electron chi connectivity index (χ3n) is 3.60. The minimum atomic E-state index is -0.321. The van der Waals surface area contributed by atoms with E-state index < -0.39 is 0 Å². The number of aromatic hydroxyl groups is 1. The van der Waals surface area contributed by atoms with Gasteiger partial charge in [0.25, 0.3) is 5.91 Å². The highest BCUT2D eigenvalue weighted by Gasteiger charge is 2.11. The van der Waals surface area contributed by atoms with Crippen molar-refractivity contribution in [2.24, 2.45) is 0 Å². The Bertz CT molecular complexity index is 788. The number of anilines is 1. The molecule has 0 aliphatic rings. The quantitative estimate of drug-likeness (QED) is 0.345. The predicted molar refractivity (Wildman–Crippen MR) is 111 cm³/mol. The van der Waals surface area contributed by atoms with Gasteiger partial charge in [-0.15, -0.1) is 0 Å². The summed E-state index contributed by atoms with van der Waals surface area (Å²) in [4.78, 5) is 12.4. The van der Waals surface area contributed by atoms with Crippen LogP contribution < -0.4 is 15.4 Å². The Morgan fingerprint density at radius 1 is 1.31 bits per heavy atom. The van der Waals surface area contributed by atoms with Gasteiger partial charge in [0.1, 0.15) is 11.5 Å². The number of amides is 1. The second kappa shape index (κ2) is 9.54. The SMILES string of the molecule is CCCCOc1cccc(C(=O)NC(=S)Nc2cc(C)c(O)c(Br)c2)c1. The molecule has 0 aliphatic carbocycles. The molecule has 1 amide bonds. The molecule has 0 atom stereocenters. The van der Waals surface area contributed by atoms with Crippen LogP contribution in [0.15, 0.2) is 40.9 Å². The predicted octanol–water partition coefficient (Wildman–Crippen LogP) is 4.77. The first-order chi connectivity index (χ1) is 12.4. The molecule has 0 heterocycles. The summed E-state index contributed by atoms with van der Waals surface area (Å²) in [6.07, 6.45) is 2.01. The van der Waals surface area contributed by atoms with Crippen molar-refractivity contribution >= 4 is 44.9 Å². The first-order valence-electron chi connectivity index (χ1n) is 8.25. The van der Waals surface area contributed by atoms with E-state index in [1.165, 1.54) is 0 Å². The Kier molecular flexibility index (Phi) is 7.41. The van der Waals surface area contributed by atoms with E-state index in [0.717, 1.165) is 12.8 Å². The third-order valence-corrected chi connectivity index (χ3v) is 4.41. The lowest BCUT2D eigenvalue weighted by Gasteiger charge is -2.12.